The zero-order valence-corrected chi connectivity index (χ0v) is 18.2. The van der Waals surface area contributed by atoms with Crippen molar-refractivity contribution in [2.24, 2.45) is 5.92 Å². The smallest absolute Gasteiger partial charge is 0.251 e. The van der Waals surface area contributed by atoms with Crippen molar-refractivity contribution >= 4 is 5.91 Å². The van der Waals surface area contributed by atoms with Crippen molar-refractivity contribution in [3.05, 3.63) is 107 Å². The molecule has 3 nitrogen and oxygen atoms in total. The molecule has 0 saturated carbocycles. The maximum Gasteiger partial charge on any atom is 0.251 e. The molecule has 160 valence electrons. The molecule has 4 rings (SSSR count). The van der Waals surface area contributed by atoms with Crippen LogP contribution in [0.1, 0.15) is 39.9 Å². The molecule has 0 unspecified atom stereocenters. The molecule has 1 amide bonds. The Kier molecular flexibility index (Phi) is 7.51. The normalized spacial score (nSPS) is 18.5. The maximum atomic E-state index is 12.4. The molecule has 0 aromatic heterocycles. The highest BCUT2D eigenvalue weighted by atomic mass is 16.1. The average molecular weight is 414 g/mol. The molecule has 1 aliphatic rings. The largest absolute Gasteiger partial charge is 0.352 e. The van der Waals surface area contributed by atoms with Gasteiger partial charge >= 0.3 is 0 Å². The minimum Gasteiger partial charge on any atom is -0.352 e. The lowest BCUT2D eigenvalue weighted by molar-refractivity contribution is -0.919. The number of carbonyl (C=O) groups is 1. The Hall–Kier alpha value is -2.91. The van der Waals surface area contributed by atoms with E-state index in [1.807, 2.05) is 30.3 Å². The van der Waals surface area contributed by atoms with Crippen LogP contribution >= 0.6 is 0 Å². The number of likely N-dealkylation sites (tertiary alicyclic amines) is 1. The van der Waals surface area contributed by atoms with Gasteiger partial charge in [-0.25, -0.2) is 0 Å². The predicted molar refractivity (Wildman–Crippen MR) is 126 cm³/mol. The van der Waals surface area contributed by atoms with Crippen molar-refractivity contribution < 1.29 is 9.69 Å². The van der Waals surface area contributed by atoms with Gasteiger partial charge in [0.2, 0.25) is 0 Å². The molecule has 1 heterocycles. The van der Waals surface area contributed by atoms with E-state index in [1.165, 1.54) is 49.0 Å². The summed E-state index contributed by atoms with van der Waals surface area (Å²) in [6, 6.07) is 29.3. The summed E-state index contributed by atoms with van der Waals surface area (Å²) in [5, 5.41) is 3.03. The Morgan fingerprint density at radius 1 is 0.774 bits per heavy atom. The lowest BCUT2D eigenvalue weighted by Crippen LogP contribution is -3.11. The van der Waals surface area contributed by atoms with E-state index in [2.05, 4.69) is 59.9 Å². The van der Waals surface area contributed by atoms with Gasteiger partial charge in [0.15, 0.2) is 0 Å². The van der Waals surface area contributed by atoms with Crippen LogP contribution in [0.4, 0.5) is 0 Å². The zero-order chi connectivity index (χ0) is 21.3. The van der Waals surface area contributed by atoms with Gasteiger partial charge in [0.05, 0.1) is 13.1 Å². The molecule has 3 aromatic rings. The molecule has 0 radical (unpaired) electrons. The van der Waals surface area contributed by atoms with Crippen LogP contribution in [0.3, 0.4) is 0 Å². The molecule has 0 aliphatic carbocycles. The van der Waals surface area contributed by atoms with Crippen molar-refractivity contribution in [3.63, 3.8) is 0 Å². The third kappa shape index (κ3) is 6.53. The number of amides is 1. The molecule has 2 N–H and O–H groups in total. The second-order valence-electron chi connectivity index (χ2n) is 8.75. The number of carbonyl (C=O) groups excluding carboxylic acids is 1. The van der Waals surface area contributed by atoms with E-state index in [-0.39, 0.29) is 5.91 Å². The van der Waals surface area contributed by atoms with Crippen LogP contribution in [-0.2, 0) is 19.4 Å². The first-order chi connectivity index (χ1) is 15.3. The topological polar surface area (TPSA) is 33.5 Å². The van der Waals surface area contributed by atoms with Gasteiger partial charge in [0.1, 0.15) is 6.54 Å². The van der Waals surface area contributed by atoms with Gasteiger partial charge < -0.3 is 10.2 Å². The van der Waals surface area contributed by atoms with E-state index in [4.69, 9.17) is 0 Å². The van der Waals surface area contributed by atoms with Gasteiger partial charge in [-0.15, -0.1) is 0 Å². The Morgan fingerprint density at radius 3 is 2.03 bits per heavy atom. The summed E-state index contributed by atoms with van der Waals surface area (Å²) in [4.78, 5) is 14.1. The van der Waals surface area contributed by atoms with Crippen LogP contribution in [0.5, 0.6) is 0 Å². The van der Waals surface area contributed by atoms with Crippen LogP contribution < -0.4 is 10.2 Å². The summed E-state index contributed by atoms with van der Waals surface area (Å²) < 4.78 is 0. The van der Waals surface area contributed by atoms with Crippen molar-refractivity contribution in [1.82, 2.24) is 5.32 Å². The number of nitrogens with one attached hydrogen (secondary N) is 2. The molecular weight excluding hydrogens is 380 g/mol. The van der Waals surface area contributed by atoms with Gasteiger partial charge in [0.25, 0.3) is 5.91 Å². The van der Waals surface area contributed by atoms with Crippen LogP contribution in [0.15, 0.2) is 84.9 Å². The lowest BCUT2D eigenvalue weighted by Gasteiger charge is -2.29. The van der Waals surface area contributed by atoms with Crippen molar-refractivity contribution in [2.75, 3.05) is 19.6 Å². The Morgan fingerprint density at radius 2 is 1.39 bits per heavy atom. The number of rotatable bonds is 8. The number of quaternary nitrogens is 1. The van der Waals surface area contributed by atoms with E-state index in [0.717, 1.165) is 24.4 Å². The quantitative estimate of drug-likeness (QED) is 0.580. The highest BCUT2D eigenvalue weighted by molar-refractivity contribution is 5.94. The molecule has 0 spiro atoms. The highest BCUT2D eigenvalue weighted by Crippen LogP contribution is 2.16. The van der Waals surface area contributed by atoms with Crippen LogP contribution in [0, 0.1) is 5.92 Å². The standard InChI is InChI=1S/C28H32N2O/c31-28(29-18-15-23-7-3-1-4-8-23)27-13-11-26(12-14-27)22-30-19-16-25(17-20-30)21-24-9-5-2-6-10-24/h1-14,25H,15-22H2,(H,29,31)/p+1. The minimum atomic E-state index is 0.0107. The second-order valence-corrected chi connectivity index (χ2v) is 8.75. The summed E-state index contributed by atoms with van der Waals surface area (Å²) >= 11 is 0. The molecule has 1 aliphatic heterocycles. The van der Waals surface area contributed by atoms with E-state index < -0.39 is 0 Å². The number of hydrogen-bond donors (Lipinski definition) is 2. The van der Waals surface area contributed by atoms with Crippen LogP contribution in [0.2, 0.25) is 0 Å². The van der Waals surface area contributed by atoms with E-state index in [9.17, 15) is 4.79 Å². The Bertz CT molecular complexity index is 930. The van der Waals surface area contributed by atoms with E-state index in [0.29, 0.717) is 6.54 Å². The molecule has 3 heteroatoms. The fraction of sp³-hybridized carbons (Fsp3) is 0.321. The first-order valence-corrected chi connectivity index (χ1v) is 11.5. The third-order valence-corrected chi connectivity index (χ3v) is 6.39. The van der Waals surface area contributed by atoms with Crippen molar-refractivity contribution in [1.29, 1.82) is 0 Å². The number of piperidine rings is 1. The van der Waals surface area contributed by atoms with Gasteiger partial charge in [0, 0.05) is 17.7 Å². The Balaban J connectivity index is 1.19. The van der Waals surface area contributed by atoms with Crippen molar-refractivity contribution in [2.45, 2.75) is 32.2 Å². The first-order valence-electron chi connectivity index (χ1n) is 11.5. The van der Waals surface area contributed by atoms with Crippen LogP contribution in [-0.4, -0.2) is 25.5 Å². The molecule has 1 saturated heterocycles. The summed E-state index contributed by atoms with van der Waals surface area (Å²) in [7, 11) is 0. The fourth-order valence-electron chi connectivity index (χ4n) is 4.54. The third-order valence-electron chi connectivity index (χ3n) is 6.39. The second kappa shape index (κ2) is 10.9. The van der Waals surface area contributed by atoms with Gasteiger partial charge in [-0.2, -0.15) is 0 Å². The van der Waals surface area contributed by atoms with Crippen LogP contribution in [0.25, 0.3) is 0 Å². The summed E-state index contributed by atoms with van der Waals surface area (Å²) in [6.07, 6.45) is 4.66. The predicted octanol–water partition coefficient (Wildman–Crippen LogP) is 3.70. The summed E-state index contributed by atoms with van der Waals surface area (Å²) in [5.74, 6) is 0.824. The Labute approximate surface area is 186 Å². The number of benzene rings is 3. The maximum absolute atomic E-state index is 12.4. The molecule has 0 atom stereocenters. The molecule has 3 aromatic carbocycles. The summed E-state index contributed by atoms with van der Waals surface area (Å²) in [6.45, 7) is 4.18. The molecular formula is C28H33N2O+. The lowest BCUT2D eigenvalue weighted by atomic mass is 9.90. The van der Waals surface area contributed by atoms with Crippen molar-refractivity contribution in [3.8, 4) is 0 Å². The van der Waals surface area contributed by atoms with Gasteiger partial charge in [-0.3, -0.25) is 4.79 Å². The van der Waals surface area contributed by atoms with Gasteiger partial charge in [-0.05, 0) is 54.9 Å². The number of hydrogen-bond acceptors (Lipinski definition) is 1. The zero-order valence-electron chi connectivity index (χ0n) is 18.2. The highest BCUT2D eigenvalue weighted by Gasteiger charge is 2.22. The van der Waals surface area contributed by atoms with E-state index in [1.54, 1.807) is 4.90 Å². The van der Waals surface area contributed by atoms with E-state index >= 15 is 0 Å². The fourth-order valence-corrected chi connectivity index (χ4v) is 4.54. The average Bonchev–Trinajstić information content (AvgIpc) is 2.82. The monoisotopic (exact) mass is 413 g/mol. The first kappa shape index (κ1) is 21.3. The van der Waals surface area contributed by atoms with Gasteiger partial charge in [-0.1, -0.05) is 72.8 Å². The summed E-state index contributed by atoms with van der Waals surface area (Å²) in [5.41, 5.74) is 4.77. The SMILES string of the molecule is O=C(NCCc1ccccc1)c1ccc(C[NH+]2CCC(Cc3ccccc3)CC2)cc1. The minimum absolute atomic E-state index is 0.0107. The molecule has 0 bridgehead atoms. The molecule has 31 heavy (non-hydrogen) atoms. The molecule has 1 fully saturated rings.